The number of fused-ring (bicyclic) bond motifs is 1. The van der Waals surface area contributed by atoms with Crippen molar-refractivity contribution in [2.45, 2.75) is 77.8 Å². The van der Waals surface area contributed by atoms with E-state index in [0.29, 0.717) is 35.7 Å². The highest BCUT2D eigenvalue weighted by Gasteiger charge is 2.46. The van der Waals surface area contributed by atoms with E-state index in [-0.39, 0.29) is 37.1 Å². The number of nitrogens with zero attached hydrogens (tertiary/aromatic N) is 5. The summed E-state index contributed by atoms with van der Waals surface area (Å²) < 4.78 is 33.3. The lowest BCUT2D eigenvalue weighted by atomic mass is 10.0. The molecule has 2 aliphatic rings. The van der Waals surface area contributed by atoms with E-state index in [1.807, 2.05) is 70.2 Å². The summed E-state index contributed by atoms with van der Waals surface area (Å²) in [5, 5.41) is 3.36. The van der Waals surface area contributed by atoms with Gasteiger partial charge < -0.3 is 29.0 Å². The van der Waals surface area contributed by atoms with Crippen LogP contribution in [0.25, 0.3) is 22.3 Å². The number of pyridine rings is 1. The first kappa shape index (κ1) is 35.6. The molecule has 0 bridgehead atoms. The van der Waals surface area contributed by atoms with Crippen LogP contribution >= 0.6 is 0 Å². The summed E-state index contributed by atoms with van der Waals surface area (Å²) in [5.41, 5.74) is 2.45. The number of carbonyl (C=O) groups is 3. The molecule has 3 heterocycles. The molecule has 270 valence electrons. The molecular weight excluding hydrogens is 655 g/mol. The van der Waals surface area contributed by atoms with Crippen molar-refractivity contribution in [2.24, 2.45) is 5.41 Å². The van der Waals surface area contributed by atoms with Crippen LogP contribution in [0.4, 0.5) is 19.8 Å². The van der Waals surface area contributed by atoms with Crippen LogP contribution in [0.2, 0.25) is 0 Å². The number of aromatic nitrogens is 3. The quantitative estimate of drug-likeness (QED) is 0.145. The van der Waals surface area contributed by atoms with Gasteiger partial charge in [-0.3, -0.25) is 4.90 Å². The van der Waals surface area contributed by atoms with Gasteiger partial charge in [0.05, 0.1) is 23.8 Å². The molecule has 0 spiro atoms. The molecule has 1 saturated heterocycles. The number of aryl methyl sites for hydroxylation is 1. The van der Waals surface area contributed by atoms with Gasteiger partial charge in [-0.25, -0.2) is 28.7 Å². The van der Waals surface area contributed by atoms with Crippen molar-refractivity contribution in [2.75, 3.05) is 32.6 Å². The Morgan fingerprint density at radius 3 is 2.49 bits per heavy atom. The largest absolute Gasteiger partial charge is 0.467 e. The Balaban J connectivity index is 1.22. The van der Waals surface area contributed by atoms with Gasteiger partial charge in [0.1, 0.15) is 35.7 Å². The molecule has 13 heteroatoms. The minimum Gasteiger partial charge on any atom is -0.467 e. The van der Waals surface area contributed by atoms with E-state index in [1.165, 1.54) is 24.1 Å². The number of hydrogen-bond acceptors (Lipinski definition) is 9. The number of amides is 2. The zero-order valence-corrected chi connectivity index (χ0v) is 29.9. The van der Waals surface area contributed by atoms with Gasteiger partial charge in [-0.15, -0.1) is 0 Å². The molecule has 0 radical (unpaired) electrons. The third-order valence-electron chi connectivity index (χ3n) is 9.32. The molecule has 2 fully saturated rings. The number of methoxy groups -OCH3 is 1. The minimum atomic E-state index is -0.830. The Bertz CT molecular complexity index is 1920. The van der Waals surface area contributed by atoms with Crippen LogP contribution in [-0.4, -0.2) is 87.4 Å². The number of esters is 1. The molecule has 1 aliphatic heterocycles. The summed E-state index contributed by atoms with van der Waals surface area (Å²) in [6.45, 7) is 8.80. The topological polar surface area (TPSA) is 128 Å². The van der Waals surface area contributed by atoms with Crippen molar-refractivity contribution in [3.05, 3.63) is 77.9 Å². The first-order chi connectivity index (χ1) is 24.2. The predicted octanol–water partition coefficient (Wildman–Crippen LogP) is 6.56. The standard InChI is InChI=1S/C38H45FN6O6/c1-24-40-30-18-26(39)17-28(33(30)45(24)23-38(15-16-38)22-43(5)35(47)51-37(2,3)4)29-13-10-14-32(42-29)41-27-19-31(34(46)49-6)44(20-27)36(48)50-21-25-11-8-7-9-12-25/h7-14,17-18,27,31H,15-16,19-23H2,1-6H3,(H,41,42)/t27-,31-/m0/s1. The maximum atomic E-state index is 15.1. The average Bonchev–Trinajstić information content (AvgIpc) is 3.59. The molecule has 2 aromatic heterocycles. The van der Waals surface area contributed by atoms with Crippen LogP contribution in [0.5, 0.6) is 0 Å². The number of nitrogens with one attached hydrogen (secondary N) is 1. The summed E-state index contributed by atoms with van der Waals surface area (Å²) >= 11 is 0. The molecule has 1 N–H and O–H groups in total. The van der Waals surface area contributed by atoms with Gasteiger partial charge in [-0.05, 0) is 64.3 Å². The Morgan fingerprint density at radius 2 is 1.80 bits per heavy atom. The number of hydrogen-bond donors (Lipinski definition) is 1. The SMILES string of the molecule is COC(=O)[C@@H]1C[C@H](Nc2cccc(-c3cc(F)cc4nc(C)n(CC5(CN(C)C(=O)OC(C)(C)C)CC5)c34)n2)CN1C(=O)OCc1ccccc1. The van der Waals surface area contributed by atoms with Gasteiger partial charge in [-0.2, -0.15) is 0 Å². The smallest absolute Gasteiger partial charge is 0.410 e. The molecule has 6 rings (SSSR count). The first-order valence-corrected chi connectivity index (χ1v) is 17.1. The van der Waals surface area contributed by atoms with E-state index in [1.54, 1.807) is 18.0 Å². The van der Waals surface area contributed by atoms with E-state index in [9.17, 15) is 14.4 Å². The van der Waals surface area contributed by atoms with Crippen molar-refractivity contribution < 1.29 is 33.0 Å². The van der Waals surface area contributed by atoms with Crippen molar-refractivity contribution in [1.82, 2.24) is 24.3 Å². The first-order valence-electron chi connectivity index (χ1n) is 17.1. The number of ether oxygens (including phenoxy) is 3. The highest BCUT2D eigenvalue weighted by atomic mass is 19.1. The van der Waals surface area contributed by atoms with Gasteiger partial charge in [0.25, 0.3) is 0 Å². The Morgan fingerprint density at radius 1 is 1.06 bits per heavy atom. The fourth-order valence-electron chi connectivity index (χ4n) is 6.70. The lowest BCUT2D eigenvalue weighted by molar-refractivity contribution is -0.145. The highest BCUT2D eigenvalue weighted by molar-refractivity contribution is 5.92. The minimum absolute atomic E-state index is 0.0749. The molecule has 51 heavy (non-hydrogen) atoms. The van der Waals surface area contributed by atoms with Gasteiger partial charge in [0.15, 0.2) is 0 Å². The van der Waals surface area contributed by atoms with Crippen molar-refractivity contribution in [3.8, 4) is 11.3 Å². The molecule has 2 aromatic carbocycles. The van der Waals surface area contributed by atoms with E-state index >= 15 is 4.39 Å². The summed E-state index contributed by atoms with van der Waals surface area (Å²) in [5.74, 6) is 0.262. The molecule has 2 amide bonds. The zero-order chi connectivity index (χ0) is 36.5. The van der Waals surface area contributed by atoms with Gasteiger partial charge in [0.2, 0.25) is 0 Å². The maximum Gasteiger partial charge on any atom is 0.410 e. The normalized spacial score (nSPS) is 18.0. The van der Waals surface area contributed by atoms with Crippen molar-refractivity contribution in [3.63, 3.8) is 0 Å². The van der Waals surface area contributed by atoms with Gasteiger partial charge in [0, 0.05) is 56.2 Å². The third-order valence-corrected chi connectivity index (χ3v) is 9.32. The maximum absolute atomic E-state index is 15.1. The van der Waals surface area contributed by atoms with Crippen molar-refractivity contribution >= 4 is 35.0 Å². The van der Waals surface area contributed by atoms with E-state index in [0.717, 1.165) is 29.7 Å². The van der Waals surface area contributed by atoms with Crippen LogP contribution in [0.3, 0.4) is 0 Å². The molecule has 2 atom stereocenters. The summed E-state index contributed by atoms with van der Waals surface area (Å²) in [4.78, 5) is 51.1. The van der Waals surface area contributed by atoms with E-state index in [2.05, 4.69) is 9.88 Å². The molecule has 12 nitrogen and oxygen atoms in total. The fraction of sp³-hybridized carbons (Fsp3) is 0.447. The van der Waals surface area contributed by atoms with Crippen LogP contribution in [0.15, 0.2) is 60.7 Å². The average molecular weight is 701 g/mol. The third kappa shape index (κ3) is 8.24. The van der Waals surface area contributed by atoms with Crippen molar-refractivity contribution in [1.29, 1.82) is 0 Å². The summed E-state index contributed by atoms with van der Waals surface area (Å²) in [7, 11) is 3.04. The van der Waals surface area contributed by atoms with Crippen LogP contribution in [0.1, 0.15) is 51.4 Å². The fourth-order valence-corrected chi connectivity index (χ4v) is 6.70. The second-order valence-electron chi connectivity index (χ2n) is 14.6. The number of benzene rings is 2. The number of imidazole rings is 1. The Kier molecular flexibility index (Phi) is 9.92. The van der Waals surface area contributed by atoms with E-state index in [4.69, 9.17) is 24.2 Å². The monoisotopic (exact) mass is 700 g/mol. The summed E-state index contributed by atoms with van der Waals surface area (Å²) in [6.07, 6.45) is 1.16. The van der Waals surface area contributed by atoms with Crippen LogP contribution in [0, 0.1) is 18.2 Å². The molecule has 1 aliphatic carbocycles. The predicted molar refractivity (Wildman–Crippen MR) is 189 cm³/mol. The molecule has 4 aromatic rings. The van der Waals surface area contributed by atoms with Crippen LogP contribution in [-0.2, 0) is 32.2 Å². The zero-order valence-electron chi connectivity index (χ0n) is 29.9. The molecular formula is C38H45FN6O6. The van der Waals surface area contributed by atoms with Gasteiger partial charge >= 0.3 is 18.2 Å². The lowest BCUT2D eigenvalue weighted by Gasteiger charge is -2.28. The number of carbonyl (C=O) groups excluding carboxylic acids is 3. The van der Waals surface area contributed by atoms with Gasteiger partial charge in [-0.1, -0.05) is 36.4 Å². The number of halogens is 1. The molecule has 0 unspecified atom stereocenters. The van der Waals surface area contributed by atoms with Crippen LogP contribution < -0.4 is 5.32 Å². The Hall–Kier alpha value is -5.20. The second kappa shape index (κ2) is 14.2. The number of likely N-dealkylation sites (tertiary alicyclic amines) is 1. The summed E-state index contributed by atoms with van der Waals surface area (Å²) in [6, 6.07) is 16.5. The highest BCUT2D eigenvalue weighted by Crippen LogP contribution is 2.49. The number of anilines is 1. The lowest BCUT2D eigenvalue weighted by Crippen LogP contribution is -2.41. The second-order valence-corrected chi connectivity index (χ2v) is 14.6. The molecule has 1 saturated carbocycles. The Labute approximate surface area is 296 Å². The number of rotatable bonds is 10. The van der Waals surface area contributed by atoms with E-state index < -0.39 is 29.5 Å².